The van der Waals surface area contributed by atoms with Crippen LogP contribution in [0.5, 0.6) is 0 Å². The second-order valence-electron chi connectivity index (χ2n) is 7.66. The Labute approximate surface area is 182 Å². The molecule has 31 heavy (non-hydrogen) atoms. The van der Waals surface area contributed by atoms with Crippen molar-refractivity contribution in [3.05, 3.63) is 35.7 Å². The number of aromatic nitrogens is 1. The number of benzene rings is 1. The Balaban J connectivity index is 1.77. The van der Waals surface area contributed by atoms with Gasteiger partial charge in [0.2, 0.25) is 26.0 Å². The molecular formula is C19H26N4O6S2. The Kier molecular flexibility index (Phi) is 6.56. The second kappa shape index (κ2) is 8.69. The molecule has 10 nitrogen and oxygen atoms in total. The molecule has 0 saturated carbocycles. The van der Waals surface area contributed by atoms with Crippen molar-refractivity contribution in [2.45, 2.75) is 36.5 Å². The van der Waals surface area contributed by atoms with Gasteiger partial charge in [-0.1, -0.05) is 11.2 Å². The van der Waals surface area contributed by atoms with E-state index in [-0.39, 0.29) is 33.7 Å². The molecule has 0 radical (unpaired) electrons. The molecule has 12 heteroatoms. The van der Waals surface area contributed by atoms with E-state index in [1.807, 2.05) is 0 Å². The van der Waals surface area contributed by atoms with E-state index in [1.165, 1.54) is 37.5 Å². The van der Waals surface area contributed by atoms with Gasteiger partial charge in [-0.3, -0.25) is 4.79 Å². The van der Waals surface area contributed by atoms with E-state index >= 15 is 0 Å². The fourth-order valence-corrected chi connectivity index (χ4v) is 6.30. The Morgan fingerprint density at radius 2 is 1.94 bits per heavy atom. The number of aryl methyl sites for hydroxylation is 2. The molecule has 1 aromatic heterocycles. The molecule has 1 aliphatic rings. The minimum absolute atomic E-state index is 0.0217. The lowest BCUT2D eigenvalue weighted by Crippen LogP contribution is -2.43. The van der Waals surface area contributed by atoms with Gasteiger partial charge in [-0.15, -0.1) is 0 Å². The number of piperidine rings is 1. The Bertz CT molecular complexity index is 1170. The molecule has 3 rings (SSSR count). The zero-order valence-corrected chi connectivity index (χ0v) is 19.5. The van der Waals surface area contributed by atoms with Gasteiger partial charge in [0.25, 0.3) is 0 Å². The SMILES string of the molecule is Cc1noc(C)c1S(=O)(=O)N1CCC[C@H](C(=O)Nc2cccc(S(=O)(=O)N(C)C)c2)C1. The standard InChI is InChI=1S/C19H26N4O6S2/c1-13-18(14(2)29-21-13)31(27,28)23-10-6-7-15(12-23)19(24)20-16-8-5-9-17(11-16)30(25,26)22(3)4/h5,8-9,11,15H,6-7,10,12H2,1-4H3,(H,20,24)/t15-/m0/s1. The number of nitrogens with zero attached hydrogens (tertiary/aromatic N) is 3. The molecule has 1 N–H and O–H groups in total. The minimum Gasteiger partial charge on any atom is -0.360 e. The van der Waals surface area contributed by atoms with Crippen molar-refractivity contribution in [3.8, 4) is 0 Å². The number of hydrogen-bond donors (Lipinski definition) is 1. The summed E-state index contributed by atoms with van der Waals surface area (Å²) in [5, 5.41) is 6.43. The monoisotopic (exact) mass is 470 g/mol. The summed E-state index contributed by atoms with van der Waals surface area (Å²) in [6.07, 6.45) is 1.05. The van der Waals surface area contributed by atoms with Crippen LogP contribution in [0.25, 0.3) is 0 Å². The van der Waals surface area contributed by atoms with Crippen molar-refractivity contribution in [1.82, 2.24) is 13.8 Å². The van der Waals surface area contributed by atoms with E-state index in [0.29, 0.717) is 25.1 Å². The molecule has 0 aliphatic carbocycles. The van der Waals surface area contributed by atoms with Gasteiger partial charge in [0.05, 0.1) is 10.8 Å². The molecule has 1 aliphatic heterocycles. The lowest BCUT2D eigenvalue weighted by Gasteiger charge is -2.31. The van der Waals surface area contributed by atoms with Crippen LogP contribution in [0.15, 0.2) is 38.6 Å². The molecule has 2 aromatic rings. The maximum absolute atomic E-state index is 13.1. The lowest BCUT2D eigenvalue weighted by molar-refractivity contribution is -0.120. The van der Waals surface area contributed by atoms with E-state index < -0.39 is 26.0 Å². The van der Waals surface area contributed by atoms with Crippen LogP contribution < -0.4 is 5.32 Å². The highest BCUT2D eigenvalue weighted by Gasteiger charge is 2.36. The summed E-state index contributed by atoms with van der Waals surface area (Å²) in [6.45, 7) is 3.42. The number of hydrogen-bond acceptors (Lipinski definition) is 7. The van der Waals surface area contributed by atoms with Crippen LogP contribution in [0.2, 0.25) is 0 Å². The average Bonchev–Trinajstić information content (AvgIpc) is 3.07. The summed E-state index contributed by atoms with van der Waals surface area (Å²) < 4.78 is 58.1. The number of amides is 1. The van der Waals surface area contributed by atoms with E-state index in [4.69, 9.17) is 4.52 Å². The van der Waals surface area contributed by atoms with Crippen molar-refractivity contribution in [2.75, 3.05) is 32.5 Å². The third-order valence-electron chi connectivity index (χ3n) is 5.20. The normalized spacial score (nSPS) is 18.3. The van der Waals surface area contributed by atoms with Gasteiger partial charge >= 0.3 is 0 Å². The molecule has 1 saturated heterocycles. The Morgan fingerprint density at radius 1 is 1.23 bits per heavy atom. The van der Waals surface area contributed by atoms with Crippen LogP contribution >= 0.6 is 0 Å². The molecule has 1 amide bonds. The van der Waals surface area contributed by atoms with Gasteiger partial charge < -0.3 is 9.84 Å². The van der Waals surface area contributed by atoms with Crippen LogP contribution in [0.1, 0.15) is 24.3 Å². The highest BCUT2D eigenvalue weighted by molar-refractivity contribution is 7.89. The molecule has 1 fully saturated rings. The topological polar surface area (TPSA) is 130 Å². The Hall–Kier alpha value is -2.28. The lowest BCUT2D eigenvalue weighted by atomic mass is 9.99. The van der Waals surface area contributed by atoms with Gasteiger partial charge in [0, 0.05) is 32.9 Å². The van der Waals surface area contributed by atoms with Crippen molar-refractivity contribution >= 4 is 31.6 Å². The van der Waals surface area contributed by atoms with E-state index in [2.05, 4.69) is 10.5 Å². The molecule has 1 atom stereocenters. The maximum Gasteiger partial charge on any atom is 0.248 e. The van der Waals surface area contributed by atoms with E-state index in [9.17, 15) is 21.6 Å². The number of carbonyl (C=O) groups is 1. The summed E-state index contributed by atoms with van der Waals surface area (Å²) in [5.41, 5.74) is 0.613. The zero-order chi connectivity index (χ0) is 23.0. The first-order valence-corrected chi connectivity index (χ1v) is 12.6. The third-order valence-corrected chi connectivity index (χ3v) is 9.12. The zero-order valence-electron chi connectivity index (χ0n) is 17.8. The number of sulfonamides is 2. The first-order chi connectivity index (χ1) is 14.4. The average molecular weight is 471 g/mol. The van der Waals surface area contributed by atoms with Crippen molar-refractivity contribution in [1.29, 1.82) is 0 Å². The number of nitrogens with one attached hydrogen (secondary N) is 1. The van der Waals surface area contributed by atoms with E-state index in [1.54, 1.807) is 19.1 Å². The van der Waals surface area contributed by atoms with Gasteiger partial charge in [-0.2, -0.15) is 4.31 Å². The minimum atomic E-state index is -3.84. The highest BCUT2D eigenvalue weighted by atomic mass is 32.2. The van der Waals surface area contributed by atoms with Gasteiger partial charge in [-0.25, -0.2) is 21.1 Å². The molecule has 1 aromatic carbocycles. The first kappa shape index (κ1) is 23.4. The third kappa shape index (κ3) is 4.66. The van der Waals surface area contributed by atoms with Crippen LogP contribution in [0.3, 0.4) is 0 Å². The second-order valence-corrected chi connectivity index (χ2v) is 11.7. The highest BCUT2D eigenvalue weighted by Crippen LogP contribution is 2.28. The summed E-state index contributed by atoms with van der Waals surface area (Å²) in [7, 11) is -4.63. The first-order valence-electron chi connectivity index (χ1n) is 9.71. The molecule has 0 bridgehead atoms. The fraction of sp³-hybridized carbons (Fsp3) is 0.474. The van der Waals surface area contributed by atoms with Crippen molar-refractivity contribution in [2.24, 2.45) is 5.92 Å². The molecule has 170 valence electrons. The fourth-order valence-electron chi connectivity index (χ4n) is 3.54. The molecule has 0 unspecified atom stereocenters. The number of carbonyl (C=O) groups excluding carboxylic acids is 1. The van der Waals surface area contributed by atoms with Crippen LogP contribution in [-0.4, -0.2) is 63.7 Å². The predicted octanol–water partition coefficient (Wildman–Crippen LogP) is 1.58. The Morgan fingerprint density at radius 3 is 2.55 bits per heavy atom. The van der Waals surface area contributed by atoms with Crippen molar-refractivity contribution < 1.29 is 26.2 Å². The van der Waals surface area contributed by atoms with Crippen LogP contribution in [-0.2, 0) is 24.8 Å². The molecule has 0 spiro atoms. The van der Waals surface area contributed by atoms with Crippen molar-refractivity contribution in [3.63, 3.8) is 0 Å². The molecular weight excluding hydrogens is 444 g/mol. The van der Waals surface area contributed by atoms with Crippen LogP contribution in [0.4, 0.5) is 5.69 Å². The number of rotatable bonds is 6. The van der Waals surface area contributed by atoms with E-state index in [0.717, 1.165) is 4.31 Å². The van der Waals surface area contributed by atoms with Gasteiger partial charge in [0.15, 0.2) is 5.76 Å². The van der Waals surface area contributed by atoms with Gasteiger partial charge in [-0.05, 0) is 44.9 Å². The van der Waals surface area contributed by atoms with Gasteiger partial charge in [0.1, 0.15) is 10.6 Å². The summed E-state index contributed by atoms with van der Waals surface area (Å²) >= 11 is 0. The molecule has 2 heterocycles. The summed E-state index contributed by atoms with van der Waals surface area (Å²) in [4.78, 5) is 12.9. The quantitative estimate of drug-likeness (QED) is 0.678. The largest absolute Gasteiger partial charge is 0.360 e. The smallest absolute Gasteiger partial charge is 0.248 e. The summed E-state index contributed by atoms with van der Waals surface area (Å²) in [6, 6.07) is 5.97. The maximum atomic E-state index is 13.1. The number of anilines is 1. The predicted molar refractivity (Wildman–Crippen MR) is 113 cm³/mol. The van der Waals surface area contributed by atoms with Crippen LogP contribution in [0, 0.1) is 19.8 Å². The summed E-state index contributed by atoms with van der Waals surface area (Å²) in [5.74, 6) is -0.723.